The van der Waals surface area contributed by atoms with Gasteiger partial charge >= 0.3 is 0 Å². The molecule has 2 saturated heterocycles. The Labute approximate surface area is 209 Å². The largest absolute Gasteiger partial charge is 0.379 e. The quantitative estimate of drug-likeness (QED) is 0.590. The third kappa shape index (κ3) is 5.64. The van der Waals surface area contributed by atoms with Gasteiger partial charge in [0.25, 0.3) is 16.1 Å². The molecular weight excluding hydrogens is 500 g/mol. The fourth-order valence-corrected chi connectivity index (χ4v) is 6.49. The van der Waals surface area contributed by atoms with E-state index in [0.717, 1.165) is 4.88 Å². The summed E-state index contributed by atoms with van der Waals surface area (Å²) in [5.41, 5.74) is -0.0244. The maximum Gasteiger partial charge on any atom is 0.282 e. The molecule has 0 amide bonds. The van der Waals surface area contributed by atoms with Crippen molar-refractivity contribution < 1.29 is 17.9 Å². The number of thiophene rings is 1. The molecule has 2 aliphatic heterocycles. The Hall–Kier alpha value is -1.54. The van der Waals surface area contributed by atoms with Crippen LogP contribution in [0.3, 0.4) is 0 Å². The highest BCUT2D eigenvalue weighted by atomic mass is 35.5. The summed E-state index contributed by atoms with van der Waals surface area (Å²) in [5, 5.41) is 11.3. The van der Waals surface area contributed by atoms with E-state index in [-0.39, 0.29) is 18.5 Å². The molecule has 2 aromatic rings. The highest BCUT2D eigenvalue weighted by Crippen LogP contribution is 2.27. The maximum absolute atomic E-state index is 13.2. The molecule has 34 heavy (non-hydrogen) atoms. The Morgan fingerprint density at radius 1 is 1.26 bits per heavy atom. The topological polar surface area (TPSA) is 109 Å². The number of rotatable bonds is 6. The van der Waals surface area contributed by atoms with E-state index >= 15 is 0 Å². The molecule has 13 heteroatoms. The van der Waals surface area contributed by atoms with Crippen LogP contribution in [0.5, 0.6) is 0 Å². The van der Waals surface area contributed by atoms with E-state index in [0.29, 0.717) is 61.8 Å². The van der Waals surface area contributed by atoms with Crippen LogP contribution >= 0.6 is 22.9 Å². The Morgan fingerprint density at radius 3 is 2.65 bits per heavy atom. The highest BCUT2D eigenvalue weighted by Gasteiger charge is 2.36. The summed E-state index contributed by atoms with van der Waals surface area (Å²) in [6, 6.07) is 5.25. The number of carbonyl (C=O) groups excluding carboxylic acids is 1. The molecule has 0 aromatic carbocycles. The lowest BCUT2D eigenvalue weighted by molar-refractivity contribution is 0.0694. The molecule has 0 bridgehead atoms. The van der Waals surface area contributed by atoms with Gasteiger partial charge in [-0.05, 0) is 12.1 Å². The van der Waals surface area contributed by atoms with Gasteiger partial charge in [-0.3, -0.25) is 4.79 Å². The van der Waals surface area contributed by atoms with Crippen molar-refractivity contribution in [3.63, 3.8) is 0 Å². The predicted octanol–water partition coefficient (Wildman–Crippen LogP) is 2.42. The van der Waals surface area contributed by atoms with Gasteiger partial charge < -0.3 is 15.4 Å². The second-order valence-electron chi connectivity index (χ2n) is 9.36. The minimum Gasteiger partial charge on any atom is -0.379 e. The number of nitrogens with zero attached hydrogens (tertiary/aromatic N) is 4. The van der Waals surface area contributed by atoms with E-state index in [1.165, 1.54) is 24.6 Å². The summed E-state index contributed by atoms with van der Waals surface area (Å²) in [6.07, 6.45) is 0. The molecule has 0 aliphatic carbocycles. The third-order valence-electron chi connectivity index (χ3n) is 5.75. The molecule has 4 rings (SSSR count). The molecule has 4 heterocycles. The molecule has 1 atom stereocenters. The first-order valence-corrected chi connectivity index (χ1v) is 13.8. The van der Waals surface area contributed by atoms with Crippen LogP contribution in [0.2, 0.25) is 4.34 Å². The van der Waals surface area contributed by atoms with Crippen LogP contribution in [0, 0.1) is 5.41 Å². The van der Waals surface area contributed by atoms with Gasteiger partial charge in [0.1, 0.15) is 5.82 Å². The van der Waals surface area contributed by atoms with Crippen molar-refractivity contribution >= 4 is 44.9 Å². The van der Waals surface area contributed by atoms with Crippen molar-refractivity contribution in [2.24, 2.45) is 5.41 Å². The molecule has 188 valence electrons. The van der Waals surface area contributed by atoms with Crippen molar-refractivity contribution in [1.82, 2.24) is 23.7 Å². The first kappa shape index (κ1) is 25.5. The van der Waals surface area contributed by atoms with E-state index in [1.54, 1.807) is 0 Å². The summed E-state index contributed by atoms with van der Waals surface area (Å²) in [7, 11) is -3.59. The Morgan fingerprint density at radius 2 is 2.00 bits per heavy atom. The van der Waals surface area contributed by atoms with Crippen LogP contribution in [-0.4, -0.2) is 78.7 Å². The number of morpholine rings is 1. The summed E-state index contributed by atoms with van der Waals surface area (Å²) in [4.78, 5) is 14.2. The van der Waals surface area contributed by atoms with Crippen molar-refractivity contribution in [1.29, 1.82) is 0 Å². The summed E-state index contributed by atoms with van der Waals surface area (Å²) >= 11 is 7.51. The second kappa shape index (κ2) is 10.2. The minimum absolute atomic E-state index is 0.154. The number of hydrogen-bond acceptors (Lipinski definition) is 8. The van der Waals surface area contributed by atoms with E-state index in [2.05, 4.69) is 15.7 Å². The van der Waals surface area contributed by atoms with Crippen molar-refractivity contribution in [3.8, 4) is 0 Å². The fraction of sp³-hybridized carbons (Fsp3) is 0.619. The van der Waals surface area contributed by atoms with E-state index in [1.807, 2.05) is 39.0 Å². The van der Waals surface area contributed by atoms with Gasteiger partial charge in [0.2, 0.25) is 0 Å². The average Bonchev–Trinajstić information content (AvgIpc) is 3.43. The molecule has 2 fully saturated rings. The van der Waals surface area contributed by atoms with Gasteiger partial charge in [0.05, 0.1) is 35.8 Å². The van der Waals surface area contributed by atoms with E-state index in [9.17, 15) is 13.2 Å². The normalized spacial score (nSPS) is 21.0. The first-order chi connectivity index (χ1) is 16.1. The SMILES string of the molecule is CC(C)(C)C(=O)n1nc(C2CN(S(=O)(=O)N3CCOCC3)CCN2)cc1NCc1ccc(Cl)s1. The molecule has 1 unspecified atom stereocenters. The number of aromatic nitrogens is 2. The summed E-state index contributed by atoms with van der Waals surface area (Å²) < 4.78 is 36.7. The lowest BCUT2D eigenvalue weighted by Crippen LogP contribution is -2.54. The number of piperazine rings is 1. The number of ether oxygens (including phenoxy) is 1. The van der Waals surface area contributed by atoms with Gasteiger partial charge in [0, 0.05) is 49.1 Å². The second-order valence-corrected chi connectivity index (χ2v) is 13.1. The first-order valence-electron chi connectivity index (χ1n) is 11.2. The molecule has 0 radical (unpaired) electrons. The van der Waals surface area contributed by atoms with E-state index < -0.39 is 15.6 Å². The molecule has 2 aromatic heterocycles. The van der Waals surface area contributed by atoms with Gasteiger partial charge in [-0.25, -0.2) is 0 Å². The number of carbonyl (C=O) groups is 1. The zero-order valence-electron chi connectivity index (χ0n) is 19.6. The number of anilines is 1. The van der Waals surface area contributed by atoms with Gasteiger partial charge in [0.15, 0.2) is 0 Å². The molecule has 0 spiro atoms. The number of hydrogen-bond donors (Lipinski definition) is 2. The van der Waals surface area contributed by atoms with Crippen molar-refractivity contribution in [2.45, 2.75) is 33.4 Å². The standard InChI is InChI=1S/C21H31ClN6O4S2/c1-21(2,3)20(29)28-19(24-13-15-4-5-18(22)33-15)12-16(25-28)17-14-27(7-6-23-17)34(30,31)26-8-10-32-11-9-26/h4-5,12,17,23-24H,6-11,13-14H2,1-3H3. The minimum atomic E-state index is -3.59. The zero-order chi connectivity index (χ0) is 24.5. The highest BCUT2D eigenvalue weighted by molar-refractivity contribution is 7.86. The Bertz CT molecular complexity index is 1120. The predicted molar refractivity (Wildman–Crippen MR) is 133 cm³/mol. The number of halogens is 1. The molecule has 10 nitrogen and oxygen atoms in total. The molecule has 0 saturated carbocycles. The maximum atomic E-state index is 13.2. The van der Waals surface area contributed by atoms with Crippen molar-refractivity contribution in [2.75, 3.05) is 51.3 Å². The van der Waals surface area contributed by atoms with Crippen molar-refractivity contribution in [3.05, 3.63) is 33.1 Å². The molecular formula is C21H31ClN6O4S2. The van der Waals surface area contributed by atoms with Crippen LogP contribution in [0.4, 0.5) is 5.82 Å². The third-order valence-corrected chi connectivity index (χ3v) is 8.99. The lowest BCUT2D eigenvalue weighted by Gasteiger charge is -2.36. The Kier molecular flexibility index (Phi) is 7.67. The monoisotopic (exact) mass is 530 g/mol. The smallest absolute Gasteiger partial charge is 0.282 e. The van der Waals surface area contributed by atoms with Crippen LogP contribution in [0.15, 0.2) is 18.2 Å². The molecule has 2 N–H and O–H groups in total. The number of nitrogens with one attached hydrogen (secondary N) is 2. The molecule has 2 aliphatic rings. The van der Waals surface area contributed by atoms with E-state index in [4.69, 9.17) is 16.3 Å². The van der Waals surface area contributed by atoms with Crippen LogP contribution in [0.1, 0.15) is 42.2 Å². The van der Waals surface area contributed by atoms with Gasteiger partial charge in [-0.15, -0.1) is 11.3 Å². The fourth-order valence-electron chi connectivity index (χ4n) is 3.86. The Balaban J connectivity index is 1.56. The van der Waals surface area contributed by atoms with Gasteiger partial charge in [-0.1, -0.05) is 32.4 Å². The summed E-state index contributed by atoms with van der Waals surface area (Å²) in [6.45, 7) is 8.64. The van der Waals surface area contributed by atoms with Crippen LogP contribution in [0.25, 0.3) is 0 Å². The van der Waals surface area contributed by atoms with Gasteiger partial charge in [-0.2, -0.15) is 26.8 Å². The average molecular weight is 531 g/mol. The lowest BCUT2D eigenvalue weighted by atomic mass is 9.96. The summed E-state index contributed by atoms with van der Waals surface area (Å²) in [5.74, 6) is 0.411. The van der Waals surface area contributed by atoms with Crippen LogP contribution in [-0.2, 0) is 21.5 Å². The van der Waals surface area contributed by atoms with Crippen LogP contribution < -0.4 is 10.6 Å². The zero-order valence-corrected chi connectivity index (χ0v) is 22.0.